The van der Waals surface area contributed by atoms with Crippen molar-refractivity contribution in [3.8, 4) is 0 Å². The normalized spacial score (nSPS) is 10.8. The van der Waals surface area contributed by atoms with Crippen molar-refractivity contribution in [2.24, 2.45) is 0 Å². The number of carbonyl (C=O) groups excluding carboxylic acids is 1. The van der Waals surface area contributed by atoms with Gasteiger partial charge in [-0.2, -0.15) is 0 Å². The molecule has 0 aliphatic rings. The minimum Gasteiger partial charge on any atom is -0.467 e. The highest BCUT2D eigenvalue weighted by molar-refractivity contribution is 5.98. The fraction of sp³-hybridized carbons (Fsp3) is 0.133. The molecule has 96 valence electrons. The van der Waals surface area contributed by atoms with Gasteiger partial charge in [0.1, 0.15) is 11.3 Å². The molecule has 0 aliphatic carbocycles. The molecular formula is C15H13NO3. The monoisotopic (exact) mass is 255 g/mol. The molecule has 0 aliphatic heterocycles. The quantitative estimate of drug-likeness (QED) is 0.781. The molecule has 0 saturated carbocycles. The Labute approximate surface area is 110 Å². The molecule has 2 aromatic heterocycles. The maximum absolute atomic E-state index is 12.1. The summed E-state index contributed by atoms with van der Waals surface area (Å²) in [5.74, 6) is 0.833. The van der Waals surface area contributed by atoms with Gasteiger partial charge < -0.3 is 14.2 Å². The van der Waals surface area contributed by atoms with Crippen LogP contribution in [0, 0.1) is 6.92 Å². The fourth-order valence-electron chi connectivity index (χ4n) is 2.05. The van der Waals surface area contributed by atoms with Crippen LogP contribution in [0.1, 0.15) is 21.9 Å². The van der Waals surface area contributed by atoms with E-state index in [9.17, 15) is 4.79 Å². The average molecular weight is 255 g/mol. The lowest BCUT2D eigenvalue weighted by molar-refractivity contribution is 0.0921. The van der Waals surface area contributed by atoms with Crippen molar-refractivity contribution >= 4 is 16.9 Å². The zero-order valence-corrected chi connectivity index (χ0v) is 10.5. The smallest absolute Gasteiger partial charge is 0.287 e. The first-order valence-corrected chi connectivity index (χ1v) is 6.04. The molecule has 1 amide bonds. The molecule has 0 unspecified atom stereocenters. The lowest BCUT2D eigenvalue weighted by Crippen LogP contribution is -2.22. The molecule has 2 heterocycles. The Morgan fingerprint density at radius 3 is 2.79 bits per heavy atom. The second kappa shape index (κ2) is 4.65. The van der Waals surface area contributed by atoms with Gasteiger partial charge in [0.05, 0.1) is 12.8 Å². The molecule has 0 atom stereocenters. The lowest BCUT2D eigenvalue weighted by Gasteiger charge is -2.01. The Balaban J connectivity index is 1.83. The first-order chi connectivity index (χ1) is 9.25. The lowest BCUT2D eigenvalue weighted by atomic mass is 10.1. The summed E-state index contributed by atoms with van der Waals surface area (Å²) in [6, 6.07) is 11.2. The highest BCUT2D eigenvalue weighted by atomic mass is 16.3. The highest BCUT2D eigenvalue weighted by Gasteiger charge is 2.17. The predicted molar refractivity (Wildman–Crippen MR) is 70.8 cm³/mol. The van der Waals surface area contributed by atoms with Crippen molar-refractivity contribution in [2.45, 2.75) is 13.5 Å². The molecule has 3 rings (SSSR count). The summed E-state index contributed by atoms with van der Waals surface area (Å²) in [7, 11) is 0. The van der Waals surface area contributed by atoms with Gasteiger partial charge in [0.2, 0.25) is 0 Å². The SMILES string of the molecule is Cc1c(C(=O)NCc2ccco2)oc2ccccc12. The van der Waals surface area contributed by atoms with E-state index in [1.54, 1.807) is 12.3 Å². The van der Waals surface area contributed by atoms with Crippen LogP contribution in [-0.4, -0.2) is 5.91 Å². The Kier molecular flexibility index (Phi) is 2.83. The zero-order valence-electron chi connectivity index (χ0n) is 10.5. The molecule has 4 heteroatoms. The van der Waals surface area contributed by atoms with Gasteiger partial charge in [0, 0.05) is 10.9 Å². The first-order valence-electron chi connectivity index (χ1n) is 6.04. The van der Waals surface area contributed by atoms with E-state index in [0.29, 0.717) is 18.1 Å². The van der Waals surface area contributed by atoms with Gasteiger partial charge in [-0.15, -0.1) is 0 Å². The number of amides is 1. The molecule has 0 saturated heterocycles. The molecule has 0 bridgehead atoms. The molecule has 0 fully saturated rings. The number of nitrogens with one attached hydrogen (secondary N) is 1. The summed E-state index contributed by atoms with van der Waals surface area (Å²) in [5.41, 5.74) is 1.58. The molecule has 1 N–H and O–H groups in total. The van der Waals surface area contributed by atoms with Crippen molar-refractivity contribution in [1.82, 2.24) is 5.32 Å². The molecule has 1 aromatic carbocycles. The van der Waals surface area contributed by atoms with Crippen LogP contribution in [0.4, 0.5) is 0 Å². The third-order valence-corrected chi connectivity index (χ3v) is 3.05. The molecule has 0 radical (unpaired) electrons. The topological polar surface area (TPSA) is 55.4 Å². The van der Waals surface area contributed by atoms with E-state index in [1.165, 1.54) is 0 Å². The van der Waals surface area contributed by atoms with Gasteiger partial charge in [0.25, 0.3) is 5.91 Å². The second-order valence-corrected chi connectivity index (χ2v) is 4.31. The minimum absolute atomic E-state index is 0.231. The van der Waals surface area contributed by atoms with Gasteiger partial charge in [-0.05, 0) is 25.1 Å². The van der Waals surface area contributed by atoms with Crippen LogP contribution in [0.25, 0.3) is 11.0 Å². The molecule has 19 heavy (non-hydrogen) atoms. The van der Waals surface area contributed by atoms with Crippen LogP contribution < -0.4 is 5.32 Å². The molecule has 3 aromatic rings. The number of hydrogen-bond donors (Lipinski definition) is 1. The van der Waals surface area contributed by atoms with E-state index in [0.717, 1.165) is 16.5 Å². The van der Waals surface area contributed by atoms with Crippen molar-refractivity contribution in [3.05, 3.63) is 59.7 Å². The van der Waals surface area contributed by atoms with E-state index in [4.69, 9.17) is 8.83 Å². The van der Waals surface area contributed by atoms with Gasteiger partial charge in [0.15, 0.2) is 5.76 Å². The van der Waals surface area contributed by atoms with Crippen molar-refractivity contribution in [3.63, 3.8) is 0 Å². The van der Waals surface area contributed by atoms with E-state index in [-0.39, 0.29) is 5.91 Å². The summed E-state index contributed by atoms with van der Waals surface area (Å²) in [4.78, 5) is 12.1. The van der Waals surface area contributed by atoms with Crippen LogP contribution in [0.15, 0.2) is 51.5 Å². The van der Waals surface area contributed by atoms with E-state index in [1.807, 2.05) is 37.3 Å². The number of aryl methyl sites for hydroxylation is 1. The van der Waals surface area contributed by atoms with Crippen LogP contribution >= 0.6 is 0 Å². The summed E-state index contributed by atoms with van der Waals surface area (Å²) < 4.78 is 10.8. The molecule has 4 nitrogen and oxygen atoms in total. The molecular weight excluding hydrogens is 242 g/mol. The zero-order chi connectivity index (χ0) is 13.2. The third kappa shape index (κ3) is 2.12. The number of benzene rings is 1. The first kappa shape index (κ1) is 11.6. The van der Waals surface area contributed by atoms with Gasteiger partial charge in [-0.1, -0.05) is 18.2 Å². The summed E-state index contributed by atoms with van der Waals surface area (Å²) in [6.07, 6.45) is 1.58. The second-order valence-electron chi connectivity index (χ2n) is 4.31. The fourth-order valence-corrected chi connectivity index (χ4v) is 2.05. The predicted octanol–water partition coefficient (Wildman–Crippen LogP) is 3.26. The standard InChI is InChI=1S/C15H13NO3/c1-10-12-6-2-3-7-13(12)19-14(10)15(17)16-9-11-5-4-8-18-11/h2-8H,9H2,1H3,(H,16,17). The number of hydrogen-bond acceptors (Lipinski definition) is 3. The number of para-hydroxylation sites is 1. The number of furan rings is 2. The van der Waals surface area contributed by atoms with Crippen molar-refractivity contribution < 1.29 is 13.6 Å². The number of carbonyl (C=O) groups is 1. The van der Waals surface area contributed by atoms with E-state index in [2.05, 4.69) is 5.32 Å². The van der Waals surface area contributed by atoms with Crippen LogP contribution in [-0.2, 0) is 6.54 Å². The van der Waals surface area contributed by atoms with Crippen molar-refractivity contribution in [1.29, 1.82) is 0 Å². The van der Waals surface area contributed by atoms with Crippen molar-refractivity contribution in [2.75, 3.05) is 0 Å². The van der Waals surface area contributed by atoms with Crippen LogP contribution in [0.2, 0.25) is 0 Å². The van der Waals surface area contributed by atoms with Gasteiger partial charge in [-0.3, -0.25) is 4.79 Å². The maximum Gasteiger partial charge on any atom is 0.287 e. The Morgan fingerprint density at radius 1 is 1.21 bits per heavy atom. The summed E-state index contributed by atoms with van der Waals surface area (Å²) in [6.45, 7) is 2.23. The average Bonchev–Trinajstić information content (AvgIpc) is 3.05. The van der Waals surface area contributed by atoms with Crippen LogP contribution in [0.3, 0.4) is 0 Å². The Hall–Kier alpha value is -2.49. The minimum atomic E-state index is -0.231. The highest BCUT2D eigenvalue weighted by Crippen LogP contribution is 2.24. The molecule has 0 spiro atoms. The van der Waals surface area contributed by atoms with E-state index >= 15 is 0 Å². The Morgan fingerprint density at radius 2 is 2.05 bits per heavy atom. The Bertz CT molecular complexity index is 710. The maximum atomic E-state index is 12.1. The van der Waals surface area contributed by atoms with Gasteiger partial charge in [-0.25, -0.2) is 0 Å². The van der Waals surface area contributed by atoms with E-state index < -0.39 is 0 Å². The van der Waals surface area contributed by atoms with Gasteiger partial charge >= 0.3 is 0 Å². The summed E-state index contributed by atoms with van der Waals surface area (Å²) >= 11 is 0. The largest absolute Gasteiger partial charge is 0.467 e. The third-order valence-electron chi connectivity index (χ3n) is 3.05. The number of fused-ring (bicyclic) bond motifs is 1. The van der Waals surface area contributed by atoms with Crippen LogP contribution in [0.5, 0.6) is 0 Å². The number of rotatable bonds is 3. The summed E-state index contributed by atoms with van der Waals surface area (Å²) in [5, 5.41) is 3.74.